The highest BCUT2D eigenvalue weighted by molar-refractivity contribution is 6.30. The molecule has 728 valence electrons. The molecule has 0 N–H and O–H groups in total. The largest absolute Gasteiger partial charge is 0.310 e. The molecule has 0 aliphatic carbocycles. The molecule has 0 aliphatic heterocycles. The van der Waals surface area contributed by atoms with Crippen LogP contribution in [0.25, 0.3) is 154 Å². The minimum Gasteiger partial charge on any atom is -0.310 e. The van der Waals surface area contributed by atoms with Gasteiger partial charge in [0.1, 0.15) is 93.1 Å². The molecule has 0 radical (unpaired) electrons. The fourth-order valence-electron chi connectivity index (χ4n) is 20.9. The lowest BCUT2D eigenvalue weighted by Gasteiger charge is -2.30. The smallest absolute Gasteiger partial charge is 0.133 e. The second-order valence-corrected chi connectivity index (χ2v) is 36.7. The molecule has 24 rings (SSSR count). The number of rotatable bonds is 20. The van der Waals surface area contributed by atoms with Crippen molar-refractivity contribution in [2.45, 2.75) is 13.8 Å². The number of nitrogens with zero attached hydrogens (tertiary/aromatic N) is 4. The molecule has 0 unspecified atom stereocenters. The SMILES string of the molecule is Cc1ccc(N(c2cc(-c3c(F)cccc3F)cc(-c3c(F)cccc3F)c2)c2ccc3ccc4c(N(c5ccc(C)cc5)c5cc(-c6c(F)cccc6F)cc(-c6c(F)cccc6F)c5)ccc5ccc2c3c54)cc1.Fc1cccc(F)c1-c1cc(-c2c(F)cccc2F)cc(N(c2ccccc2)c2ccc3ccc4c(N(c5ccccc5)c5cc(-c6c(F)cccc6F)cc(-c6c(F)cccc6F)c5)ccc5ccc2c3c54)c1. The van der Waals surface area contributed by atoms with Gasteiger partial charge in [0.15, 0.2) is 0 Å². The van der Waals surface area contributed by atoms with E-state index in [9.17, 15) is 0 Å². The lowest BCUT2D eigenvalue weighted by Crippen LogP contribution is -2.12. The second-order valence-electron chi connectivity index (χ2n) is 36.7. The minimum atomic E-state index is -0.863. The maximum Gasteiger partial charge on any atom is 0.133 e. The molecule has 0 bridgehead atoms. The summed E-state index contributed by atoms with van der Waals surface area (Å²) in [5.41, 5.74) is 5.64. The van der Waals surface area contributed by atoms with Crippen molar-refractivity contribution in [3.8, 4) is 89.0 Å². The summed E-state index contributed by atoms with van der Waals surface area (Å²) in [5, 5.41) is 9.65. The van der Waals surface area contributed by atoms with Gasteiger partial charge in [-0.25, -0.2) is 70.2 Å². The van der Waals surface area contributed by atoms with E-state index in [1.807, 2.05) is 240 Å². The van der Waals surface area contributed by atoms with Crippen molar-refractivity contribution in [3.05, 3.63) is 529 Å². The van der Waals surface area contributed by atoms with Crippen LogP contribution >= 0.6 is 0 Å². The van der Waals surface area contributed by atoms with Crippen LogP contribution in [-0.2, 0) is 0 Å². The molecule has 24 aromatic rings. The first-order chi connectivity index (χ1) is 72.8. The fraction of sp³-hybridized carbons (Fsp3) is 0.0154. The van der Waals surface area contributed by atoms with Gasteiger partial charge in [0.25, 0.3) is 0 Å². The Morgan fingerprint density at radius 1 is 0.133 bits per heavy atom. The summed E-state index contributed by atoms with van der Waals surface area (Å²) in [6.45, 7) is 3.88. The lowest BCUT2D eigenvalue weighted by atomic mass is 9.91. The molecular formula is C130H76F16N4. The Kier molecular flexibility index (Phi) is 24.5. The van der Waals surface area contributed by atoms with Gasteiger partial charge in [-0.2, -0.15) is 0 Å². The van der Waals surface area contributed by atoms with E-state index in [1.54, 1.807) is 48.5 Å². The van der Waals surface area contributed by atoms with Gasteiger partial charge in [-0.15, -0.1) is 0 Å². The topological polar surface area (TPSA) is 13.0 Å². The standard InChI is InChI=1S/C66H40F8N2.C64H36F8N2/c1-37-15-23-45(24-16-37)75(47-33-41(63-51(67)7-3-8-52(63)68)31-42(34-47)64-53(69)9-4-10-54(64)70)59-29-21-39-20-28-50-60(30-22-40-19-27-49(59)61(39)62(40)50)76(46-25-17-38(2)18-26-46)48-35-43(65-55(71)11-5-12-56(65)72)32-44(36-48)66-57(73)13-6-14-58(66)74;65-49-15-7-16-50(66)61(49)39-31-40(62-51(67)17-8-18-52(62)68)34-45(33-39)73(43-11-3-1-4-12-43)57-29-25-37-24-28-48-58(30-26-38-23-27-47(57)59(37)60(38)48)74(44-13-5-2-6-14-44)46-35-41(63-53(69)19-9-20-54(63)70)32-42(36-46)64-55(71)21-10-22-56(64)72/h3-36H,1-2H3;1-36H. The number of aryl methyl sites for hydroxylation is 2. The van der Waals surface area contributed by atoms with Crippen molar-refractivity contribution in [2.75, 3.05) is 19.6 Å². The van der Waals surface area contributed by atoms with Gasteiger partial charge < -0.3 is 19.6 Å². The summed E-state index contributed by atoms with van der Waals surface area (Å²) in [6.07, 6.45) is 0. The molecule has 0 aromatic heterocycles. The first-order valence-corrected chi connectivity index (χ1v) is 47.8. The van der Waals surface area contributed by atoms with Crippen molar-refractivity contribution in [1.82, 2.24) is 0 Å². The lowest BCUT2D eigenvalue weighted by molar-refractivity contribution is 0.588. The summed E-state index contributed by atoms with van der Waals surface area (Å²) in [5.74, 6) is -13.8. The first-order valence-electron chi connectivity index (χ1n) is 47.8. The van der Waals surface area contributed by atoms with E-state index in [-0.39, 0.29) is 89.0 Å². The molecule has 0 heterocycles. The zero-order valence-corrected chi connectivity index (χ0v) is 79.3. The maximum absolute atomic E-state index is 15.8. The van der Waals surface area contributed by atoms with Crippen molar-refractivity contribution in [3.63, 3.8) is 0 Å². The van der Waals surface area contributed by atoms with Gasteiger partial charge in [-0.3, -0.25) is 0 Å². The third-order valence-electron chi connectivity index (χ3n) is 27.5. The molecule has 20 heteroatoms. The molecule has 0 amide bonds. The predicted molar refractivity (Wildman–Crippen MR) is 571 cm³/mol. The van der Waals surface area contributed by atoms with Crippen LogP contribution in [0.3, 0.4) is 0 Å². The molecule has 150 heavy (non-hydrogen) atoms. The number of benzene rings is 24. The molecule has 0 aliphatic rings. The fourth-order valence-corrected chi connectivity index (χ4v) is 20.9. The monoisotopic (exact) mass is 2000 g/mol. The number of para-hydroxylation sites is 2. The molecule has 0 saturated carbocycles. The Morgan fingerprint density at radius 2 is 0.287 bits per heavy atom. The second kappa shape index (κ2) is 38.8. The third kappa shape index (κ3) is 17.1. The summed E-state index contributed by atoms with van der Waals surface area (Å²) < 4.78 is 252. The Hall–Kier alpha value is -18.6. The van der Waals surface area contributed by atoms with Crippen LogP contribution in [0.2, 0.25) is 0 Å². The average Bonchev–Trinajstić information content (AvgIpc) is 0.720. The zero-order chi connectivity index (χ0) is 103. The van der Waals surface area contributed by atoms with E-state index in [0.717, 1.165) is 173 Å². The summed E-state index contributed by atoms with van der Waals surface area (Å²) >= 11 is 0. The van der Waals surface area contributed by atoms with E-state index in [4.69, 9.17) is 0 Å². The predicted octanol–water partition coefficient (Wildman–Crippen LogP) is 39.2. The van der Waals surface area contributed by atoms with E-state index in [1.165, 1.54) is 72.8 Å². The highest BCUT2D eigenvalue weighted by Crippen LogP contribution is 2.55. The van der Waals surface area contributed by atoms with Gasteiger partial charge in [-0.05, 0) is 344 Å². The highest BCUT2D eigenvalue weighted by atomic mass is 19.2. The van der Waals surface area contributed by atoms with E-state index < -0.39 is 93.1 Å². The van der Waals surface area contributed by atoms with Crippen LogP contribution in [0.4, 0.5) is 138 Å². The van der Waals surface area contributed by atoms with Crippen molar-refractivity contribution >= 4 is 133 Å². The first kappa shape index (κ1) is 95.0. The summed E-state index contributed by atoms with van der Waals surface area (Å²) in [7, 11) is 0. The normalized spacial score (nSPS) is 11.5. The van der Waals surface area contributed by atoms with Crippen LogP contribution < -0.4 is 19.6 Å². The van der Waals surface area contributed by atoms with Crippen molar-refractivity contribution in [1.29, 1.82) is 0 Å². The Labute approximate surface area is 849 Å². The number of hydrogen-bond acceptors (Lipinski definition) is 4. The number of halogens is 16. The maximum atomic E-state index is 15.8. The molecular weight excluding hydrogens is 1920 g/mol. The van der Waals surface area contributed by atoms with Crippen LogP contribution in [-0.4, -0.2) is 0 Å². The van der Waals surface area contributed by atoms with Gasteiger partial charge in [0.05, 0.1) is 67.3 Å². The quantitative estimate of drug-likeness (QED) is 0.0557. The molecule has 24 aromatic carbocycles. The van der Waals surface area contributed by atoms with E-state index in [0.29, 0.717) is 68.2 Å². The average molecular weight is 2000 g/mol. The van der Waals surface area contributed by atoms with Crippen LogP contribution in [0.5, 0.6) is 0 Å². The van der Waals surface area contributed by atoms with Crippen LogP contribution in [0, 0.1) is 107 Å². The molecule has 0 atom stereocenters. The molecule has 0 saturated heterocycles. The Balaban J connectivity index is 0.000000164. The third-order valence-corrected chi connectivity index (χ3v) is 27.5. The Bertz CT molecular complexity index is 8490. The molecule has 0 fully saturated rings. The van der Waals surface area contributed by atoms with Crippen molar-refractivity contribution < 1.29 is 70.2 Å². The Morgan fingerprint density at radius 3 is 0.453 bits per heavy atom. The van der Waals surface area contributed by atoms with Gasteiger partial charge >= 0.3 is 0 Å². The van der Waals surface area contributed by atoms with Gasteiger partial charge in [-0.1, -0.05) is 193 Å². The summed E-state index contributed by atoms with van der Waals surface area (Å²) in [6, 6.07) is 111. The van der Waals surface area contributed by atoms with Gasteiger partial charge in [0, 0.05) is 67.0 Å². The van der Waals surface area contributed by atoms with Gasteiger partial charge in [0.2, 0.25) is 0 Å². The molecule has 0 spiro atoms. The molecule has 4 nitrogen and oxygen atoms in total. The number of hydrogen-bond donors (Lipinski definition) is 0. The minimum absolute atomic E-state index is 0.0442. The highest BCUT2D eigenvalue weighted by Gasteiger charge is 2.32. The summed E-state index contributed by atoms with van der Waals surface area (Å²) in [4.78, 5) is 7.55. The van der Waals surface area contributed by atoms with Crippen molar-refractivity contribution in [2.24, 2.45) is 0 Å². The van der Waals surface area contributed by atoms with Crippen LogP contribution in [0.1, 0.15) is 11.1 Å². The van der Waals surface area contributed by atoms with Crippen LogP contribution in [0.15, 0.2) is 425 Å². The van der Waals surface area contributed by atoms with E-state index in [2.05, 4.69) is 0 Å². The van der Waals surface area contributed by atoms with E-state index >= 15 is 70.2 Å². The number of anilines is 12. The zero-order valence-electron chi connectivity index (χ0n) is 79.3.